The van der Waals surface area contributed by atoms with Crippen molar-refractivity contribution in [1.82, 2.24) is 19.9 Å². The van der Waals surface area contributed by atoms with Gasteiger partial charge in [-0.2, -0.15) is 0 Å². The summed E-state index contributed by atoms with van der Waals surface area (Å²) in [6, 6.07) is 5.78. The molecule has 27 heavy (non-hydrogen) atoms. The molecule has 0 spiro atoms. The highest BCUT2D eigenvalue weighted by molar-refractivity contribution is 9.10. The highest BCUT2D eigenvalue weighted by Gasteiger charge is 2.25. The first kappa shape index (κ1) is 19.4. The van der Waals surface area contributed by atoms with Gasteiger partial charge in [0.05, 0.1) is 16.6 Å². The van der Waals surface area contributed by atoms with E-state index in [1.165, 1.54) is 0 Å². The van der Waals surface area contributed by atoms with Crippen LogP contribution in [0.4, 0.5) is 10.6 Å². The minimum atomic E-state index is -1.08. The fourth-order valence-corrected chi connectivity index (χ4v) is 3.48. The van der Waals surface area contributed by atoms with Gasteiger partial charge in [0.1, 0.15) is 17.9 Å². The molecular weight excluding hydrogens is 414 g/mol. The number of carboxylic acid groups (broad SMARTS) is 1. The molecule has 3 rings (SSSR count). The van der Waals surface area contributed by atoms with E-state index in [1.807, 2.05) is 43.5 Å². The van der Waals surface area contributed by atoms with Crippen LogP contribution in [0.5, 0.6) is 0 Å². The molecule has 0 atom stereocenters. The Hall–Kier alpha value is -2.39. The van der Waals surface area contributed by atoms with Gasteiger partial charge in [0, 0.05) is 23.0 Å². The van der Waals surface area contributed by atoms with Crippen molar-refractivity contribution in [3.05, 3.63) is 28.5 Å². The molecule has 0 aliphatic heterocycles. The number of nitrogens with zero attached hydrogens (tertiary/aromatic N) is 3. The Morgan fingerprint density at radius 3 is 2.81 bits per heavy atom. The summed E-state index contributed by atoms with van der Waals surface area (Å²) in [5.41, 5.74) is 7.60. The van der Waals surface area contributed by atoms with Crippen molar-refractivity contribution in [3.63, 3.8) is 0 Å². The van der Waals surface area contributed by atoms with Gasteiger partial charge in [-0.3, -0.25) is 0 Å². The Bertz CT molecular complexity index is 1020. The minimum Gasteiger partial charge on any atom is -0.465 e. The van der Waals surface area contributed by atoms with Gasteiger partial charge in [-0.1, -0.05) is 15.9 Å². The van der Waals surface area contributed by atoms with Crippen molar-refractivity contribution >= 4 is 49.8 Å². The second kappa shape index (κ2) is 7.32. The second-order valence-electron chi connectivity index (χ2n) is 6.92. The van der Waals surface area contributed by atoms with E-state index in [0.29, 0.717) is 36.9 Å². The quantitative estimate of drug-likeness (QED) is 0.545. The average molecular weight is 436 g/mol. The van der Waals surface area contributed by atoms with Crippen LogP contribution in [0.3, 0.4) is 0 Å². The van der Waals surface area contributed by atoms with E-state index in [-0.39, 0.29) is 0 Å². The first-order valence-corrected chi connectivity index (χ1v) is 9.34. The molecule has 0 saturated carbocycles. The van der Waals surface area contributed by atoms with Gasteiger partial charge in [-0.05, 0) is 39.0 Å². The third-order valence-electron chi connectivity index (χ3n) is 4.18. The van der Waals surface area contributed by atoms with Crippen LogP contribution in [0, 0.1) is 0 Å². The van der Waals surface area contributed by atoms with E-state index >= 15 is 0 Å². The van der Waals surface area contributed by atoms with Gasteiger partial charge in [0.2, 0.25) is 0 Å². The predicted octanol–water partition coefficient (Wildman–Crippen LogP) is 3.51. The summed E-state index contributed by atoms with van der Waals surface area (Å²) in [6.07, 6.45) is -1.08. The van der Waals surface area contributed by atoms with E-state index < -0.39 is 11.6 Å². The third kappa shape index (κ3) is 3.98. The number of ether oxygens (including phenoxy) is 1. The molecule has 1 aromatic carbocycles. The molecule has 0 unspecified atom stereocenters. The maximum Gasteiger partial charge on any atom is 0.405 e. The molecule has 1 amide bonds. The lowest BCUT2D eigenvalue weighted by atomic mass is 10.1. The average Bonchev–Trinajstić information content (AvgIpc) is 2.90. The van der Waals surface area contributed by atoms with Crippen molar-refractivity contribution in [2.24, 2.45) is 0 Å². The van der Waals surface area contributed by atoms with Crippen LogP contribution in [0.2, 0.25) is 0 Å². The molecule has 0 aliphatic carbocycles. The maximum atomic E-state index is 11.2. The number of anilines is 1. The Balaban J connectivity index is 2.26. The normalized spacial score (nSPS) is 12.0. The molecular formula is C18H22BrN5O3. The topological polar surface area (TPSA) is 115 Å². The maximum absolute atomic E-state index is 11.2. The molecule has 0 fully saturated rings. The van der Waals surface area contributed by atoms with Crippen molar-refractivity contribution in [2.75, 3.05) is 12.3 Å². The van der Waals surface area contributed by atoms with Crippen LogP contribution in [-0.4, -0.2) is 37.9 Å². The monoisotopic (exact) mass is 435 g/mol. The van der Waals surface area contributed by atoms with Crippen LogP contribution in [0.25, 0.3) is 21.9 Å². The van der Waals surface area contributed by atoms with Crippen LogP contribution in [0.15, 0.2) is 22.7 Å². The smallest absolute Gasteiger partial charge is 0.405 e. The lowest BCUT2D eigenvalue weighted by Crippen LogP contribution is -2.46. The number of nitrogens with one attached hydrogen (secondary N) is 1. The summed E-state index contributed by atoms with van der Waals surface area (Å²) in [6.45, 7) is 6.76. The van der Waals surface area contributed by atoms with Gasteiger partial charge in [-0.25, -0.2) is 14.8 Å². The Morgan fingerprint density at radius 2 is 2.15 bits per heavy atom. The van der Waals surface area contributed by atoms with Crippen LogP contribution in [-0.2, 0) is 17.9 Å². The number of halogens is 1. The highest BCUT2D eigenvalue weighted by Crippen LogP contribution is 2.31. The highest BCUT2D eigenvalue weighted by atomic mass is 79.9. The first-order chi connectivity index (χ1) is 12.7. The number of carbonyl (C=O) groups is 1. The number of aromatic nitrogens is 3. The summed E-state index contributed by atoms with van der Waals surface area (Å²) < 4.78 is 8.43. The van der Waals surface area contributed by atoms with E-state index in [2.05, 4.69) is 31.2 Å². The number of imidazole rings is 1. The van der Waals surface area contributed by atoms with Gasteiger partial charge in [0.15, 0.2) is 5.82 Å². The first-order valence-electron chi connectivity index (χ1n) is 8.54. The summed E-state index contributed by atoms with van der Waals surface area (Å²) >= 11 is 3.46. The summed E-state index contributed by atoms with van der Waals surface area (Å²) in [4.78, 5) is 20.3. The fraction of sp³-hybridized carbons (Fsp3) is 0.389. The zero-order chi connectivity index (χ0) is 19.8. The number of hydrogen-bond acceptors (Lipinski definition) is 5. The number of benzene rings is 1. The van der Waals surface area contributed by atoms with E-state index in [1.54, 1.807) is 0 Å². The van der Waals surface area contributed by atoms with Gasteiger partial charge in [-0.15, -0.1) is 0 Å². The standard InChI is InChI=1S/C18H22BrN5O3/c1-4-27-8-13-22-14-15(24(13)9-18(2,3)23-17(25)26)11-6-5-10(19)7-12(11)21-16(14)20/h5-7,23H,4,8-9H2,1-3H3,(H2,20,21)(H,25,26). The van der Waals surface area contributed by atoms with Crippen molar-refractivity contribution in [3.8, 4) is 0 Å². The number of fused-ring (bicyclic) bond motifs is 3. The molecule has 2 aromatic heterocycles. The van der Waals surface area contributed by atoms with Crippen molar-refractivity contribution < 1.29 is 14.6 Å². The number of pyridine rings is 1. The van der Waals surface area contributed by atoms with Crippen LogP contribution in [0.1, 0.15) is 26.6 Å². The van der Waals surface area contributed by atoms with Crippen LogP contribution >= 0.6 is 15.9 Å². The largest absolute Gasteiger partial charge is 0.465 e. The number of rotatable bonds is 6. The third-order valence-corrected chi connectivity index (χ3v) is 4.67. The molecule has 144 valence electrons. The molecule has 0 radical (unpaired) electrons. The number of hydrogen-bond donors (Lipinski definition) is 3. The second-order valence-corrected chi connectivity index (χ2v) is 7.84. The number of nitrogens with two attached hydrogens (primary N) is 1. The summed E-state index contributed by atoms with van der Waals surface area (Å²) in [5.74, 6) is 1.01. The Kier molecular flexibility index (Phi) is 5.25. The Morgan fingerprint density at radius 1 is 1.41 bits per heavy atom. The lowest BCUT2D eigenvalue weighted by Gasteiger charge is -2.26. The molecule has 3 aromatic rings. The molecule has 2 heterocycles. The lowest BCUT2D eigenvalue weighted by molar-refractivity contribution is 0.124. The molecule has 0 bridgehead atoms. The van der Waals surface area contributed by atoms with E-state index in [0.717, 1.165) is 20.9 Å². The van der Waals surface area contributed by atoms with E-state index in [9.17, 15) is 4.79 Å². The molecule has 9 heteroatoms. The van der Waals surface area contributed by atoms with Crippen molar-refractivity contribution in [1.29, 1.82) is 0 Å². The zero-order valence-electron chi connectivity index (χ0n) is 15.4. The SMILES string of the molecule is CCOCc1nc2c(N)nc3cc(Br)ccc3c2n1CC(C)(C)NC(=O)O. The molecule has 0 aliphatic rings. The van der Waals surface area contributed by atoms with E-state index in [4.69, 9.17) is 15.6 Å². The number of amides is 1. The van der Waals surface area contributed by atoms with Gasteiger partial charge in [0.25, 0.3) is 0 Å². The summed E-state index contributed by atoms with van der Waals surface area (Å²) in [7, 11) is 0. The molecule has 8 nitrogen and oxygen atoms in total. The minimum absolute atomic E-state index is 0.297. The zero-order valence-corrected chi connectivity index (χ0v) is 17.0. The van der Waals surface area contributed by atoms with Crippen LogP contribution < -0.4 is 11.1 Å². The van der Waals surface area contributed by atoms with Gasteiger partial charge >= 0.3 is 6.09 Å². The fourth-order valence-electron chi connectivity index (χ4n) is 3.13. The van der Waals surface area contributed by atoms with Gasteiger partial charge < -0.3 is 25.5 Å². The van der Waals surface area contributed by atoms with Crippen molar-refractivity contribution in [2.45, 2.75) is 39.5 Å². The summed E-state index contributed by atoms with van der Waals surface area (Å²) in [5, 5.41) is 12.6. The predicted molar refractivity (Wildman–Crippen MR) is 108 cm³/mol. The Labute approximate surface area is 164 Å². The number of nitrogen functional groups attached to an aromatic ring is 1. The molecule has 0 saturated heterocycles. The molecule has 4 N–H and O–H groups in total.